The molecule has 2 aromatic heterocycles. The van der Waals surface area contributed by atoms with Crippen LogP contribution in [0.5, 0.6) is 0 Å². The maximum Gasteiger partial charge on any atom is 0.293 e. The van der Waals surface area contributed by atoms with E-state index in [1.165, 1.54) is 0 Å². The van der Waals surface area contributed by atoms with Crippen LogP contribution in [0.2, 0.25) is 0 Å². The maximum atomic E-state index is 5.50. The van der Waals surface area contributed by atoms with Crippen molar-refractivity contribution in [3.8, 4) is 11.7 Å². The Morgan fingerprint density at radius 3 is 2.83 bits per heavy atom. The fourth-order valence-electron chi connectivity index (χ4n) is 2.13. The Bertz CT molecular complexity index is 537. The first-order valence-electron chi connectivity index (χ1n) is 5.96. The first-order chi connectivity index (χ1) is 8.77. The molecule has 0 unspecified atom stereocenters. The number of nitrogens with two attached hydrogens (primary N) is 1. The zero-order valence-electron chi connectivity index (χ0n) is 10.2. The van der Waals surface area contributed by atoms with Crippen molar-refractivity contribution >= 4 is 0 Å². The molecule has 0 amide bonds. The molecular formula is C12H15N3O3. The first kappa shape index (κ1) is 11.4. The van der Waals surface area contributed by atoms with E-state index in [1.807, 2.05) is 0 Å². The molecule has 1 aliphatic carbocycles. The Morgan fingerprint density at radius 1 is 1.44 bits per heavy atom. The summed E-state index contributed by atoms with van der Waals surface area (Å²) in [6, 6.07) is 3.58. The van der Waals surface area contributed by atoms with Gasteiger partial charge < -0.3 is 19.4 Å². The fourth-order valence-corrected chi connectivity index (χ4v) is 2.13. The molecule has 2 heterocycles. The zero-order valence-corrected chi connectivity index (χ0v) is 10.2. The quantitative estimate of drug-likeness (QED) is 0.889. The largest absolute Gasteiger partial charge is 0.455 e. The van der Waals surface area contributed by atoms with E-state index < -0.39 is 0 Å². The SMILES string of the molecule is COC1(c2noc(-c3ccc(CN)o3)n2)CCC1. The van der Waals surface area contributed by atoms with Gasteiger partial charge in [0.15, 0.2) is 5.76 Å². The van der Waals surface area contributed by atoms with Gasteiger partial charge in [0.25, 0.3) is 5.89 Å². The third-order valence-corrected chi connectivity index (χ3v) is 3.46. The second kappa shape index (κ2) is 4.22. The first-order valence-corrected chi connectivity index (χ1v) is 5.96. The molecule has 1 fully saturated rings. The minimum absolute atomic E-state index is 0.350. The van der Waals surface area contributed by atoms with Crippen LogP contribution in [0.15, 0.2) is 21.1 Å². The molecule has 6 heteroatoms. The highest BCUT2D eigenvalue weighted by atomic mass is 16.5. The molecule has 0 spiro atoms. The van der Waals surface area contributed by atoms with Crippen molar-refractivity contribution in [2.45, 2.75) is 31.4 Å². The summed E-state index contributed by atoms with van der Waals surface area (Å²) in [5.74, 6) is 2.19. The normalized spacial score (nSPS) is 17.7. The van der Waals surface area contributed by atoms with Crippen LogP contribution in [-0.4, -0.2) is 17.3 Å². The summed E-state index contributed by atoms with van der Waals surface area (Å²) < 4.78 is 16.2. The van der Waals surface area contributed by atoms with E-state index in [0.29, 0.717) is 29.8 Å². The third-order valence-electron chi connectivity index (χ3n) is 3.46. The highest BCUT2D eigenvalue weighted by molar-refractivity contribution is 5.44. The van der Waals surface area contributed by atoms with Gasteiger partial charge in [0, 0.05) is 7.11 Å². The van der Waals surface area contributed by atoms with E-state index in [4.69, 9.17) is 19.4 Å². The molecule has 2 aromatic rings. The van der Waals surface area contributed by atoms with Crippen LogP contribution in [0.3, 0.4) is 0 Å². The Morgan fingerprint density at radius 2 is 2.28 bits per heavy atom. The summed E-state index contributed by atoms with van der Waals surface area (Å²) >= 11 is 0. The highest BCUT2D eigenvalue weighted by Crippen LogP contribution is 2.43. The maximum absolute atomic E-state index is 5.50. The summed E-state index contributed by atoms with van der Waals surface area (Å²) in [5, 5.41) is 3.99. The van der Waals surface area contributed by atoms with Crippen LogP contribution >= 0.6 is 0 Å². The lowest BCUT2D eigenvalue weighted by atomic mass is 9.79. The predicted octanol–water partition coefficient (Wildman–Crippen LogP) is 1.81. The van der Waals surface area contributed by atoms with Gasteiger partial charge in [-0.2, -0.15) is 4.98 Å². The Kier molecular flexibility index (Phi) is 2.68. The summed E-state index contributed by atoms with van der Waals surface area (Å²) in [5.41, 5.74) is 5.12. The molecule has 0 aromatic carbocycles. The van der Waals surface area contributed by atoms with Gasteiger partial charge in [-0.05, 0) is 31.4 Å². The van der Waals surface area contributed by atoms with Gasteiger partial charge in [-0.1, -0.05) is 5.16 Å². The summed E-state index contributed by atoms with van der Waals surface area (Å²) in [6.07, 6.45) is 2.97. The van der Waals surface area contributed by atoms with Crippen molar-refractivity contribution in [3.05, 3.63) is 23.7 Å². The number of furan rings is 1. The van der Waals surface area contributed by atoms with Gasteiger partial charge in [-0.15, -0.1) is 0 Å². The van der Waals surface area contributed by atoms with E-state index >= 15 is 0 Å². The average Bonchev–Trinajstić information content (AvgIpc) is 2.96. The fraction of sp³-hybridized carbons (Fsp3) is 0.500. The molecule has 0 saturated heterocycles. The van der Waals surface area contributed by atoms with Crippen LogP contribution in [0.4, 0.5) is 0 Å². The molecule has 1 aliphatic rings. The molecule has 96 valence electrons. The van der Waals surface area contributed by atoms with E-state index in [1.54, 1.807) is 19.2 Å². The number of nitrogens with zero attached hydrogens (tertiary/aromatic N) is 2. The number of aromatic nitrogens is 2. The number of rotatable bonds is 4. The number of hydrogen-bond donors (Lipinski definition) is 1. The van der Waals surface area contributed by atoms with Gasteiger partial charge in [0.1, 0.15) is 11.4 Å². The molecule has 18 heavy (non-hydrogen) atoms. The topological polar surface area (TPSA) is 87.3 Å². The molecule has 2 N–H and O–H groups in total. The van der Waals surface area contributed by atoms with Gasteiger partial charge in [-0.25, -0.2) is 0 Å². The molecule has 3 rings (SSSR count). The lowest BCUT2D eigenvalue weighted by Crippen LogP contribution is -2.37. The van der Waals surface area contributed by atoms with Crippen molar-refractivity contribution in [3.63, 3.8) is 0 Å². The molecule has 1 saturated carbocycles. The number of methoxy groups -OCH3 is 1. The summed E-state index contributed by atoms with van der Waals surface area (Å²) in [7, 11) is 1.68. The molecule has 6 nitrogen and oxygen atoms in total. The van der Waals surface area contributed by atoms with Gasteiger partial charge in [0.2, 0.25) is 5.82 Å². The van der Waals surface area contributed by atoms with Crippen molar-refractivity contribution in [1.29, 1.82) is 0 Å². The van der Waals surface area contributed by atoms with E-state index in [-0.39, 0.29) is 5.60 Å². The predicted molar refractivity (Wildman–Crippen MR) is 62.4 cm³/mol. The molecular weight excluding hydrogens is 234 g/mol. The molecule has 0 bridgehead atoms. The lowest BCUT2D eigenvalue weighted by molar-refractivity contribution is -0.0858. The monoisotopic (exact) mass is 249 g/mol. The summed E-state index contributed by atoms with van der Waals surface area (Å²) in [4.78, 5) is 4.36. The van der Waals surface area contributed by atoms with Gasteiger partial charge in [-0.3, -0.25) is 0 Å². The second-order valence-electron chi connectivity index (χ2n) is 4.45. The van der Waals surface area contributed by atoms with Crippen LogP contribution < -0.4 is 5.73 Å². The Labute approximate surface area is 104 Å². The van der Waals surface area contributed by atoms with Gasteiger partial charge in [0.05, 0.1) is 6.54 Å². The number of ether oxygens (including phenoxy) is 1. The van der Waals surface area contributed by atoms with Crippen LogP contribution in [0.25, 0.3) is 11.7 Å². The Balaban J connectivity index is 1.89. The minimum Gasteiger partial charge on any atom is -0.455 e. The van der Waals surface area contributed by atoms with Crippen LogP contribution in [0, 0.1) is 0 Å². The van der Waals surface area contributed by atoms with Crippen LogP contribution in [-0.2, 0) is 16.9 Å². The third kappa shape index (κ3) is 1.65. The van der Waals surface area contributed by atoms with Crippen molar-refractivity contribution < 1.29 is 13.7 Å². The van der Waals surface area contributed by atoms with Crippen LogP contribution in [0.1, 0.15) is 30.8 Å². The molecule has 0 radical (unpaired) electrons. The van der Waals surface area contributed by atoms with E-state index in [2.05, 4.69) is 10.1 Å². The van der Waals surface area contributed by atoms with E-state index in [9.17, 15) is 0 Å². The lowest BCUT2D eigenvalue weighted by Gasteiger charge is -2.37. The zero-order chi connectivity index (χ0) is 12.6. The van der Waals surface area contributed by atoms with Crippen molar-refractivity contribution in [2.75, 3.05) is 7.11 Å². The smallest absolute Gasteiger partial charge is 0.293 e. The van der Waals surface area contributed by atoms with Gasteiger partial charge >= 0.3 is 0 Å². The second-order valence-corrected chi connectivity index (χ2v) is 4.45. The summed E-state index contributed by atoms with van der Waals surface area (Å²) in [6.45, 7) is 0.350. The molecule has 0 aliphatic heterocycles. The highest BCUT2D eigenvalue weighted by Gasteiger charge is 2.43. The minimum atomic E-state index is -0.370. The van der Waals surface area contributed by atoms with Crippen molar-refractivity contribution in [1.82, 2.24) is 10.1 Å². The van der Waals surface area contributed by atoms with E-state index in [0.717, 1.165) is 19.3 Å². The molecule has 0 atom stereocenters. The number of hydrogen-bond acceptors (Lipinski definition) is 6. The average molecular weight is 249 g/mol. The van der Waals surface area contributed by atoms with Crippen molar-refractivity contribution in [2.24, 2.45) is 5.73 Å². The Hall–Kier alpha value is -1.66. The standard InChI is InChI=1S/C12H15N3O3/c1-16-12(5-2-6-12)11-14-10(18-15-11)9-4-3-8(7-13)17-9/h3-4H,2,5-7,13H2,1H3.